The third-order valence-electron chi connectivity index (χ3n) is 8.24. The van der Waals surface area contributed by atoms with E-state index in [0.29, 0.717) is 16.0 Å². The van der Waals surface area contributed by atoms with Gasteiger partial charge in [-0.05, 0) is 72.0 Å². The molecule has 212 valence electrons. The van der Waals surface area contributed by atoms with Gasteiger partial charge in [0.15, 0.2) is 0 Å². The molecule has 0 fully saturated rings. The van der Waals surface area contributed by atoms with Gasteiger partial charge in [0.1, 0.15) is 5.75 Å². The number of rotatable bonds is 10. The van der Waals surface area contributed by atoms with Crippen molar-refractivity contribution in [2.45, 2.75) is 39.5 Å². The molecule has 0 saturated heterocycles. The molecule has 0 aliphatic carbocycles. The van der Waals surface area contributed by atoms with Gasteiger partial charge in [0.05, 0.1) is 27.7 Å². The predicted octanol–water partition coefficient (Wildman–Crippen LogP) is 12.0. The van der Waals surface area contributed by atoms with E-state index in [1.807, 2.05) is 36.4 Å². The summed E-state index contributed by atoms with van der Waals surface area (Å²) >= 11 is 13.9. The second-order valence-corrected chi connectivity index (χ2v) is 11.8. The number of benzene rings is 5. The fraction of sp³-hybridized carbons (Fsp3) is 0.211. The van der Waals surface area contributed by atoms with Gasteiger partial charge in [-0.1, -0.05) is 117 Å². The molecule has 0 aliphatic rings. The van der Waals surface area contributed by atoms with Crippen LogP contribution in [0, 0.1) is 5.92 Å². The number of nitrogens with zero attached hydrogens (tertiary/aromatic N) is 1. The third kappa shape index (κ3) is 5.67. The Bertz CT molecular complexity index is 1710. The number of fused-ring (bicyclic) bond motifs is 3. The molecule has 1 heterocycles. The predicted molar refractivity (Wildman–Crippen MR) is 180 cm³/mol. The Hall–Kier alpha value is -3.72. The lowest BCUT2D eigenvalue weighted by atomic mass is 10.00. The van der Waals surface area contributed by atoms with Crippen LogP contribution < -0.4 is 4.74 Å². The van der Waals surface area contributed by atoms with Gasteiger partial charge in [0.2, 0.25) is 0 Å². The average Bonchev–Trinajstić information content (AvgIpc) is 3.33. The van der Waals surface area contributed by atoms with E-state index in [-0.39, 0.29) is 0 Å². The lowest BCUT2D eigenvalue weighted by Crippen LogP contribution is -2.11. The fourth-order valence-electron chi connectivity index (χ4n) is 5.82. The maximum Gasteiger partial charge on any atom is 0.119 e. The summed E-state index contributed by atoms with van der Waals surface area (Å²) < 4.78 is 8.48. The monoisotopic (exact) mass is 591 g/mol. The number of ether oxygens (including phenoxy) is 1. The van der Waals surface area contributed by atoms with Crippen molar-refractivity contribution in [1.29, 1.82) is 0 Å². The second-order valence-electron chi connectivity index (χ2n) is 11.0. The molecule has 6 aromatic rings. The molecule has 0 saturated carbocycles. The van der Waals surface area contributed by atoms with Gasteiger partial charge >= 0.3 is 0 Å². The van der Waals surface area contributed by atoms with E-state index in [4.69, 9.17) is 27.9 Å². The Kier molecular flexibility index (Phi) is 8.55. The molecule has 1 atom stereocenters. The van der Waals surface area contributed by atoms with Crippen molar-refractivity contribution < 1.29 is 4.74 Å². The van der Waals surface area contributed by atoms with Crippen molar-refractivity contribution in [2.24, 2.45) is 5.92 Å². The number of aromatic nitrogens is 1. The minimum Gasteiger partial charge on any atom is -0.493 e. The van der Waals surface area contributed by atoms with Crippen LogP contribution in [0.15, 0.2) is 109 Å². The first-order valence-corrected chi connectivity index (χ1v) is 15.6. The topological polar surface area (TPSA) is 14.2 Å². The zero-order valence-corrected chi connectivity index (χ0v) is 25.6. The van der Waals surface area contributed by atoms with E-state index < -0.39 is 0 Å². The summed E-state index contributed by atoms with van der Waals surface area (Å²) in [5.41, 5.74) is 7.31. The summed E-state index contributed by atoms with van der Waals surface area (Å²) in [5.74, 6) is 1.48. The largest absolute Gasteiger partial charge is 0.493 e. The molecule has 6 rings (SSSR count). The molecule has 1 unspecified atom stereocenters. The number of unbranched alkanes of at least 4 members (excludes halogenated alkanes) is 1. The van der Waals surface area contributed by atoms with E-state index in [9.17, 15) is 0 Å². The fourth-order valence-corrected chi connectivity index (χ4v) is 6.35. The average molecular weight is 593 g/mol. The standard InChI is InChI=1S/C38H35Cl2NO/c1-3-5-12-26(4-2)25-42-30-19-17-29(18-20-30)41-37-23-35(39)31(27-13-8-6-9-14-27)21-33(37)34-22-32(36(40)24-38(34)41)28-15-10-7-11-16-28/h6-11,13-24,26H,3-5,12,25H2,1-2H3. The molecule has 0 radical (unpaired) electrons. The number of hydrogen-bond donors (Lipinski definition) is 0. The highest BCUT2D eigenvalue weighted by atomic mass is 35.5. The third-order valence-corrected chi connectivity index (χ3v) is 8.86. The van der Waals surface area contributed by atoms with E-state index in [1.165, 1.54) is 19.3 Å². The molecule has 0 N–H and O–H groups in total. The summed E-state index contributed by atoms with van der Waals surface area (Å²) in [4.78, 5) is 0. The normalized spacial score (nSPS) is 12.2. The molecule has 42 heavy (non-hydrogen) atoms. The van der Waals surface area contributed by atoms with Gasteiger partial charge in [-0.3, -0.25) is 0 Å². The maximum absolute atomic E-state index is 6.97. The highest BCUT2D eigenvalue weighted by molar-refractivity contribution is 6.36. The lowest BCUT2D eigenvalue weighted by molar-refractivity contribution is 0.233. The molecule has 0 bridgehead atoms. The Morgan fingerprint density at radius 2 is 1.19 bits per heavy atom. The van der Waals surface area contributed by atoms with Crippen LogP contribution in [0.3, 0.4) is 0 Å². The van der Waals surface area contributed by atoms with Crippen LogP contribution in [0.4, 0.5) is 0 Å². The van der Waals surface area contributed by atoms with Gasteiger partial charge < -0.3 is 9.30 Å². The summed E-state index contributed by atoms with van der Waals surface area (Å²) in [6, 6.07) is 37.6. The molecule has 0 aliphatic heterocycles. The van der Waals surface area contributed by atoms with Gasteiger partial charge in [0.25, 0.3) is 0 Å². The van der Waals surface area contributed by atoms with Crippen molar-refractivity contribution in [2.75, 3.05) is 6.61 Å². The Morgan fingerprint density at radius 3 is 1.67 bits per heavy atom. The Morgan fingerprint density at radius 1 is 0.667 bits per heavy atom. The van der Waals surface area contributed by atoms with Gasteiger partial charge in [-0.25, -0.2) is 0 Å². The summed E-state index contributed by atoms with van der Waals surface area (Å²) in [6.45, 7) is 5.24. The first-order valence-electron chi connectivity index (χ1n) is 14.9. The van der Waals surface area contributed by atoms with Gasteiger partial charge in [-0.2, -0.15) is 0 Å². The molecule has 1 aromatic heterocycles. The quantitative estimate of drug-likeness (QED) is 0.154. The first kappa shape index (κ1) is 28.4. The van der Waals surface area contributed by atoms with Crippen LogP contribution in [0.1, 0.15) is 39.5 Å². The number of halogens is 2. The van der Waals surface area contributed by atoms with Gasteiger partial charge in [0, 0.05) is 27.6 Å². The zero-order chi connectivity index (χ0) is 29.1. The van der Waals surface area contributed by atoms with Crippen LogP contribution in [-0.4, -0.2) is 11.2 Å². The van der Waals surface area contributed by atoms with Gasteiger partial charge in [-0.15, -0.1) is 0 Å². The van der Waals surface area contributed by atoms with E-state index >= 15 is 0 Å². The molecule has 5 aromatic carbocycles. The highest BCUT2D eigenvalue weighted by Gasteiger charge is 2.18. The minimum absolute atomic E-state index is 0.587. The SMILES string of the molecule is CCCCC(CC)COc1ccc(-n2c3cc(Cl)c(-c4ccccc4)cc3c3cc(-c4ccccc4)c(Cl)cc32)cc1. The maximum atomic E-state index is 6.97. The van der Waals surface area contributed by atoms with Crippen LogP contribution in [0.5, 0.6) is 5.75 Å². The minimum atomic E-state index is 0.587. The molecular formula is C38H35Cl2NO. The van der Waals surface area contributed by atoms with Crippen LogP contribution in [0.25, 0.3) is 49.7 Å². The molecular weight excluding hydrogens is 557 g/mol. The van der Waals surface area contributed by atoms with Crippen molar-refractivity contribution in [3.63, 3.8) is 0 Å². The van der Waals surface area contributed by atoms with Crippen molar-refractivity contribution >= 4 is 45.0 Å². The molecule has 4 heteroatoms. The summed E-state index contributed by atoms with van der Waals surface area (Å²) in [7, 11) is 0. The Labute approximate surface area is 258 Å². The van der Waals surface area contributed by atoms with Crippen LogP contribution in [0.2, 0.25) is 10.0 Å². The Balaban J connectivity index is 1.48. The van der Waals surface area contributed by atoms with E-state index in [0.717, 1.165) is 68.5 Å². The molecule has 0 spiro atoms. The molecule has 0 amide bonds. The smallest absolute Gasteiger partial charge is 0.119 e. The van der Waals surface area contributed by atoms with E-state index in [2.05, 4.69) is 91.2 Å². The second kappa shape index (κ2) is 12.7. The highest BCUT2D eigenvalue weighted by Crippen LogP contribution is 2.42. The summed E-state index contributed by atoms with van der Waals surface area (Å²) in [5, 5.41) is 3.68. The first-order chi connectivity index (χ1) is 20.6. The van der Waals surface area contributed by atoms with Crippen molar-refractivity contribution in [3.05, 3.63) is 119 Å². The van der Waals surface area contributed by atoms with Crippen molar-refractivity contribution in [1.82, 2.24) is 4.57 Å². The van der Waals surface area contributed by atoms with Crippen LogP contribution in [-0.2, 0) is 0 Å². The zero-order valence-electron chi connectivity index (χ0n) is 24.1. The van der Waals surface area contributed by atoms with E-state index in [1.54, 1.807) is 0 Å². The van der Waals surface area contributed by atoms with Crippen molar-refractivity contribution in [3.8, 4) is 33.7 Å². The molecule has 2 nitrogen and oxygen atoms in total. The number of hydrogen-bond acceptors (Lipinski definition) is 1. The lowest BCUT2D eigenvalue weighted by Gasteiger charge is -2.16. The summed E-state index contributed by atoms with van der Waals surface area (Å²) in [6.07, 6.45) is 4.82. The van der Waals surface area contributed by atoms with Crippen LogP contribution >= 0.6 is 23.2 Å².